The topological polar surface area (TPSA) is 52.5 Å². The summed E-state index contributed by atoms with van der Waals surface area (Å²) in [5.74, 6) is 1.36. The third-order valence-corrected chi connectivity index (χ3v) is 4.08. The number of piperazine rings is 1. The van der Waals surface area contributed by atoms with E-state index in [1.807, 2.05) is 13.0 Å². The molecular weight excluding hydrogens is 295 g/mol. The highest BCUT2D eigenvalue weighted by Gasteiger charge is 2.18. The monoisotopic (exact) mass is 316 g/mol. The van der Waals surface area contributed by atoms with Crippen molar-refractivity contribution < 1.29 is 9.50 Å². The number of aliphatic hydroxyl groups excluding tert-OH is 1. The SMILES string of the molecule is Cc1nc(-c2ccc(F)cc2)cc(N2CCN(CCO)CC2)n1. The number of aromatic nitrogens is 2. The van der Waals surface area contributed by atoms with Gasteiger partial charge in [0.2, 0.25) is 0 Å². The Labute approximate surface area is 135 Å². The molecule has 0 unspecified atom stereocenters. The number of hydrogen-bond donors (Lipinski definition) is 1. The molecule has 1 aromatic carbocycles. The Balaban J connectivity index is 1.80. The number of aryl methyl sites for hydroxylation is 1. The van der Waals surface area contributed by atoms with E-state index < -0.39 is 0 Å². The predicted octanol–water partition coefficient (Wildman–Crippen LogP) is 1.71. The van der Waals surface area contributed by atoms with Gasteiger partial charge in [-0.2, -0.15) is 0 Å². The summed E-state index contributed by atoms with van der Waals surface area (Å²) < 4.78 is 13.1. The first-order valence-electron chi connectivity index (χ1n) is 7.85. The summed E-state index contributed by atoms with van der Waals surface area (Å²) in [5, 5.41) is 9.02. The standard InChI is InChI=1S/C17H21FN4O/c1-13-19-16(14-2-4-15(18)5-3-14)12-17(20-13)22-8-6-21(7-9-22)10-11-23/h2-5,12,23H,6-11H2,1H3. The molecule has 0 spiro atoms. The molecule has 23 heavy (non-hydrogen) atoms. The highest BCUT2D eigenvalue weighted by atomic mass is 19.1. The summed E-state index contributed by atoms with van der Waals surface area (Å²) in [7, 11) is 0. The molecule has 1 saturated heterocycles. The van der Waals surface area contributed by atoms with E-state index in [1.54, 1.807) is 12.1 Å². The van der Waals surface area contributed by atoms with Gasteiger partial charge in [-0.05, 0) is 31.2 Å². The van der Waals surface area contributed by atoms with Crippen LogP contribution < -0.4 is 4.90 Å². The molecule has 2 heterocycles. The molecule has 1 aliphatic rings. The first-order valence-corrected chi connectivity index (χ1v) is 7.85. The van der Waals surface area contributed by atoms with Crippen molar-refractivity contribution in [2.24, 2.45) is 0 Å². The smallest absolute Gasteiger partial charge is 0.132 e. The number of anilines is 1. The van der Waals surface area contributed by atoms with Gasteiger partial charge in [0.15, 0.2) is 0 Å². The van der Waals surface area contributed by atoms with Crippen LogP contribution in [0.5, 0.6) is 0 Å². The Morgan fingerprint density at radius 1 is 1.09 bits per heavy atom. The molecule has 0 atom stereocenters. The fourth-order valence-corrected chi connectivity index (χ4v) is 2.82. The van der Waals surface area contributed by atoms with Gasteiger partial charge >= 0.3 is 0 Å². The van der Waals surface area contributed by atoms with Gasteiger partial charge in [-0.25, -0.2) is 14.4 Å². The third-order valence-electron chi connectivity index (χ3n) is 4.08. The minimum absolute atomic E-state index is 0.196. The average Bonchev–Trinajstić information content (AvgIpc) is 2.56. The van der Waals surface area contributed by atoms with Crippen LogP contribution in [0.4, 0.5) is 10.2 Å². The van der Waals surface area contributed by atoms with Crippen LogP contribution in [0.2, 0.25) is 0 Å². The van der Waals surface area contributed by atoms with Crippen molar-refractivity contribution in [1.29, 1.82) is 0 Å². The van der Waals surface area contributed by atoms with Gasteiger partial charge in [0, 0.05) is 44.4 Å². The maximum Gasteiger partial charge on any atom is 0.132 e. The molecule has 0 saturated carbocycles. The Morgan fingerprint density at radius 3 is 2.43 bits per heavy atom. The van der Waals surface area contributed by atoms with Crippen LogP contribution in [-0.2, 0) is 0 Å². The molecule has 0 amide bonds. The largest absolute Gasteiger partial charge is 0.395 e. The minimum Gasteiger partial charge on any atom is -0.395 e. The minimum atomic E-state index is -0.250. The van der Waals surface area contributed by atoms with Crippen LogP contribution >= 0.6 is 0 Å². The number of hydrogen-bond acceptors (Lipinski definition) is 5. The van der Waals surface area contributed by atoms with E-state index in [0.29, 0.717) is 5.82 Å². The fourth-order valence-electron chi connectivity index (χ4n) is 2.82. The molecule has 0 bridgehead atoms. The van der Waals surface area contributed by atoms with Crippen molar-refractivity contribution in [3.63, 3.8) is 0 Å². The Kier molecular flexibility index (Phi) is 4.83. The predicted molar refractivity (Wildman–Crippen MR) is 87.9 cm³/mol. The van der Waals surface area contributed by atoms with Crippen molar-refractivity contribution in [3.8, 4) is 11.3 Å². The van der Waals surface area contributed by atoms with Gasteiger partial charge in [0.1, 0.15) is 17.5 Å². The fraction of sp³-hybridized carbons (Fsp3) is 0.412. The molecule has 1 aliphatic heterocycles. The summed E-state index contributed by atoms with van der Waals surface area (Å²) in [6.45, 7) is 6.36. The quantitative estimate of drug-likeness (QED) is 0.930. The van der Waals surface area contributed by atoms with Crippen LogP contribution in [0.25, 0.3) is 11.3 Å². The van der Waals surface area contributed by atoms with E-state index in [1.165, 1.54) is 12.1 Å². The van der Waals surface area contributed by atoms with Crippen molar-refractivity contribution in [2.45, 2.75) is 6.92 Å². The maximum absolute atomic E-state index is 13.1. The Bertz CT molecular complexity index is 654. The number of halogens is 1. The number of benzene rings is 1. The number of nitrogens with zero attached hydrogens (tertiary/aromatic N) is 4. The van der Waals surface area contributed by atoms with Crippen molar-refractivity contribution in [2.75, 3.05) is 44.2 Å². The third kappa shape index (κ3) is 3.83. The zero-order valence-corrected chi connectivity index (χ0v) is 13.2. The number of rotatable bonds is 4. The number of aliphatic hydroxyl groups is 1. The van der Waals surface area contributed by atoms with Crippen LogP contribution in [0.3, 0.4) is 0 Å². The first kappa shape index (κ1) is 15.8. The molecule has 3 rings (SSSR count). The molecule has 2 aromatic rings. The zero-order chi connectivity index (χ0) is 16.2. The van der Waals surface area contributed by atoms with Crippen molar-refractivity contribution in [1.82, 2.24) is 14.9 Å². The Hall–Kier alpha value is -2.05. The van der Waals surface area contributed by atoms with Gasteiger partial charge in [-0.15, -0.1) is 0 Å². The molecular formula is C17H21FN4O. The van der Waals surface area contributed by atoms with Crippen LogP contribution in [0.15, 0.2) is 30.3 Å². The molecule has 0 aliphatic carbocycles. The number of β-amino-alcohol motifs (C(OH)–C–C–N with tert-alkyl or cyclic N) is 1. The van der Waals surface area contributed by atoms with Gasteiger partial charge in [-0.1, -0.05) is 0 Å². The van der Waals surface area contributed by atoms with Gasteiger partial charge in [-0.3, -0.25) is 4.90 Å². The zero-order valence-electron chi connectivity index (χ0n) is 13.2. The molecule has 122 valence electrons. The second-order valence-corrected chi connectivity index (χ2v) is 5.72. The van der Waals surface area contributed by atoms with Gasteiger partial charge < -0.3 is 10.0 Å². The van der Waals surface area contributed by atoms with Gasteiger partial charge in [0.05, 0.1) is 12.3 Å². The van der Waals surface area contributed by atoms with Crippen LogP contribution in [0.1, 0.15) is 5.82 Å². The average molecular weight is 316 g/mol. The maximum atomic E-state index is 13.1. The second-order valence-electron chi connectivity index (χ2n) is 5.72. The highest BCUT2D eigenvalue weighted by molar-refractivity contribution is 5.63. The highest BCUT2D eigenvalue weighted by Crippen LogP contribution is 2.23. The molecule has 1 fully saturated rings. The summed E-state index contributed by atoms with van der Waals surface area (Å²) in [4.78, 5) is 13.5. The first-order chi connectivity index (χ1) is 11.2. The summed E-state index contributed by atoms with van der Waals surface area (Å²) in [6, 6.07) is 8.32. The summed E-state index contributed by atoms with van der Waals surface area (Å²) in [5.41, 5.74) is 1.70. The van der Waals surface area contributed by atoms with E-state index in [9.17, 15) is 4.39 Å². The Morgan fingerprint density at radius 2 is 1.78 bits per heavy atom. The summed E-state index contributed by atoms with van der Waals surface area (Å²) >= 11 is 0. The van der Waals surface area contributed by atoms with Crippen LogP contribution in [-0.4, -0.2) is 59.3 Å². The lowest BCUT2D eigenvalue weighted by molar-refractivity contribution is 0.188. The molecule has 0 radical (unpaired) electrons. The van der Waals surface area contributed by atoms with Crippen LogP contribution in [0, 0.1) is 12.7 Å². The summed E-state index contributed by atoms with van der Waals surface area (Å²) in [6.07, 6.45) is 0. The molecule has 1 aromatic heterocycles. The molecule has 6 heteroatoms. The van der Waals surface area contributed by atoms with E-state index in [2.05, 4.69) is 19.8 Å². The van der Waals surface area contributed by atoms with Crippen molar-refractivity contribution in [3.05, 3.63) is 42.0 Å². The lowest BCUT2D eigenvalue weighted by Crippen LogP contribution is -2.47. The van der Waals surface area contributed by atoms with Crippen molar-refractivity contribution >= 4 is 5.82 Å². The lowest BCUT2D eigenvalue weighted by atomic mass is 10.1. The van der Waals surface area contributed by atoms with E-state index >= 15 is 0 Å². The normalized spacial score (nSPS) is 15.9. The lowest BCUT2D eigenvalue weighted by Gasteiger charge is -2.35. The molecule has 1 N–H and O–H groups in total. The van der Waals surface area contributed by atoms with E-state index in [4.69, 9.17) is 5.11 Å². The van der Waals surface area contributed by atoms with Gasteiger partial charge in [0.25, 0.3) is 0 Å². The van der Waals surface area contributed by atoms with E-state index in [0.717, 1.165) is 49.8 Å². The van der Waals surface area contributed by atoms with E-state index in [-0.39, 0.29) is 12.4 Å². The molecule has 5 nitrogen and oxygen atoms in total. The second kappa shape index (κ2) is 7.02.